The first-order valence-corrected chi connectivity index (χ1v) is 6.91. The number of nitrogens with zero attached hydrogens (tertiary/aromatic N) is 1. The third kappa shape index (κ3) is 2.50. The lowest BCUT2D eigenvalue weighted by atomic mass is 9.77. The summed E-state index contributed by atoms with van der Waals surface area (Å²) in [6.07, 6.45) is 3.82. The molecule has 0 bridgehead atoms. The molecule has 3 N–H and O–H groups in total. The molecule has 1 fully saturated rings. The Hall–Kier alpha value is -1.62. The summed E-state index contributed by atoms with van der Waals surface area (Å²) < 4.78 is 0. The highest BCUT2D eigenvalue weighted by Crippen LogP contribution is 2.38. The molecular weight excluding hydrogens is 254 g/mol. The average molecular weight is 277 g/mol. The van der Waals surface area contributed by atoms with E-state index < -0.39 is 0 Å². The van der Waals surface area contributed by atoms with Crippen LogP contribution in [0.4, 0.5) is 0 Å². The molecular formula is C15H23N3O2. The Morgan fingerprint density at radius 1 is 1.35 bits per heavy atom. The Bertz CT molecular complexity index is 513. The number of carbonyl (C=O) groups excluding carboxylic acids is 2. The summed E-state index contributed by atoms with van der Waals surface area (Å²) >= 11 is 0. The molecule has 1 aliphatic heterocycles. The van der Waals surface area contributed by atoms with E-state index in [1.54, 1.807) is 12.3 Å². The summed E-state index contributed by atoms with van der Waals surface area (Å²) in [5.41, 5.74) is 6.42. The average Bonchev–Trinajstić information content (AvgIpc) is 2.72. The maximum absolute atomic E-state index is 12.8. The summed E-state index contributed by atoms with van der Waals surface area (Å²) in [6.45, 7) is 8.15. The Labute approximate surface area is 119 Å². The highest BCUT2D eigenvalue weighted by molar-refractivity contribution is 5.95. The van der Waals surface area contributed by atoms with Crippen LogP contribution in [0.2, 0.25) is 0 Å². The van der Waals surface area contributed by atoms with Crippen LogP contribution in [0.3, 0.4) is 0 Å². The molecule has 0 unspecified atom stereocenters. The molecule has 2 rings (SSSR count). The predicted octanol–water partition coefficient (Wildman–Crippen LogP) is 1.95. The number of piperidine rings is 1. The fourth-order valence-electron chi connectivity index (χ4n) is 3.63. The standard InChI is InChI=1S/C15H23N3O2/c1-14(2)6-11(16)7-15(3,4)18(14)13(20)12-5-10(9-19)8-17-12/h5,8-9,11,17H,6-7,16H2,1-4H3. The van der Waals surface area contributed by atoms with Gasteiger partial charge in [-0.3, -0.25) is 9.59 Å². The summed E-state index contributed by atoms with van der Waals surface area (Å²) in [4.78, 5) is 28.3. The topological polar surface area (TPSA) is 79.2 Å². The van der Waals surface area contributed by atoms with Gasteiger partial charge in [0.2, 0.25) is 0 Å². The predicted molar refractivity (Wildman–Crippen MR) is 77.7 cm³/mol. The number of amides is 1. The van der Waals surface area contributed by atoms with Crippen LogP contribution in [0.25, 0.3) is 0 Å². The summed E-state index contributed by atoms with van der Waals surface area (Å²) in [7, 11) is 0. The lowest BCUT2D eigenvalue weighted by Crippen LogP contribution is -2.65. The van der Waals surface area contributed by atoms with Crippen LogP contribution in [0, 0.1) is 0 Å². The second-order valence-electron chi connectivity index (χ2n) is 6.90. The van der Waals surface area contributed by atoms with Crippen molar-refractivity contribution in [2.45, 2.75) is 57.7 Å². The smallest absolute Gasteiger partial charge is 0.271 e. The first kappa shape index (κ1) is 14.8. The number of aromatic amines is 1. The molecule has 0 saturated carbocycles. The van der Waals surface area contributed by atoms with E-state index >= 15 is 0 Å². The van der Waals surface area contributed by atoms with E-state index in [0.29, 0.717) is 11.3 Å². The van der Waals surface area contributed by atoms with Crippen LogP contribution in [-0.4, -0.2) is 39.2 Å². The number of carbonyl (C=O) groups is 2. The molecule has 0 radical (unpaired) electrons. The molecule has 1 amide bonds. The van der Waals surface area contributed by atoms with Gasteiger partial charge in [0.1, 0.15) is 5.69 Å². The van der Waals surface area contributed by atoms with Crippen LogP contribution >= 0.6 is 0 Å². The number of likely N-dealkylation sites (tertiary alicyclic amines) is 1. The highest BCUT2D eigenvalue weighted by Gasteiger charge is 2.47. The Morgan fingerprint density at radius 2 is 1.90 bits per heavy atom. The monoisotopic (exact) mass is 277 g/mol. The zero-order chi connectivity index (χ0) is 15.1. The van der Waals surface area contributed by atoms with E-state index in [1.807, 2.05) is 32.6 Å². The molecule has 0 spiro atoms. The zero-order valence-electron chi connectivity index (χ0n) is 12.6. The summed E-state index contributed by atoms with van der Waals surface area (Å²) in [5, 5.41) is 0. The second kappa shape index (κ2) is 4.74. The minimum absolute atomic E-state index is 0.0833. The number of hydrogen-bond acceptors (Lipinski definition) is 3. The van der Waals surface area contributed by atoms with Gasteiger partial charge in [-0.2, -0.15) is 0 Å². The van der Waals surface area contributed by atoms with Gasteiger partial charge >= 0.3 is 0 Å². The molecule has 1 aromatic heterocycles. The number of H-pyrrole nitrogens is 1. The van der Waals surface area contributed by atoms with Gasteiger partial charge in [0, 0.05) is 28.9 Å². The maximum atomic E-state index is 12.8. The molecule has 2 heterocycles. The van der Waals surface area contributed by atoms with Gasteiger partial charge in [-0.25, -0.2) is 0 Å². The number of aldehydes is 1. The van der Waals surface area contributed by atoms with Crippen molar-refractivity contribution in [2.75, 3.05) is 0 Å². The highest BCUT2D eigenvalue weighted by atomic mass is 16.2. The summed E-state index contributed by atoms with van der Waals surface area (Å²) in [5.74, 6) is -0.0833. The minimum atomic E-state index is -0.315. The first-order chi connectivity index (χ1) is 9.17. The molecule has 20 heavy (non-hydrogen) atoms. The Kier molecular flexibility index (Phi) is 3.50. The largest absolute Gasteiger partial charge is 0.356 e. The van der Waals surface area contributed by atoms with Gasteiger partial charge in [-0.15, -0.1) is 0 Å². The number of nitrogens with one attached hydrogen (secondary N) is 1. The van der Waals surface area contributed by atoms with Crippen molar-refractivity contribution in [3.63, 3.8) is 0 Å². The number of nitrogens with two attached hydrogens (primary N) is 1. The van der Waals surface area contributed by atoms with Crippen molar-refractivity contribution >= 4 is 12.2 Å². The molecule has 110 valence electrons. The van der Waals surface area contributed by atoms with Crippen molar-refractivity contribution in [1.29, 1.82) is 0 Å². The van der Waals surface area contributed by atoms with Crippen molar-refractivity contribution in [3.05, 3.63) is 23.5 Å². The van der Waals surface area contributed by atoms with E-state index in [4.69, 9.17) is 5.73 Å². The van der Waals surface area contributed by atoms with Gasteiger partial charge in [0.15, 0.2) is 6.29 Å². The van der Waals surface area contributed by atoms with E-state index in [2.05, 4.69) is 4.98 Å². The van der Waals surface area contributed by atoms with E-state index in [1.165, 1.54) is 0 Å². The first-order valence-electron chi connectivity index (χ1n) is 6.91. The van der Waals surface area contributed by atoms with Crippen LogP contribution in [0.5, 0.6) is 0 Å². The van der Waals surface area contributed by atoms with Gasteiger partial charge in [0.25, 0.3) is 5.91 Å². The van der Waals surface area contributed by atoms with Crippen molar-refractivity contribution in [2.24, 2.45) is 5.73 Å². The Balaban J connectivity index is 2.37. The van der Waals surface area contributed by atoms with Crippen LogP contribution in [0.15, 0.2) is 12.3 Å². The lowest BCUT2D eigenvalue weighted by molar-refractivity contribution is -0.0176. The number of hydrogen-bond donors (Lipinski definition) is 2. The molecule has 1 saturated heterocycles. The summed E-state index contributed by atoms with van der Waals surface area (Å²) in [6, 6.07) is 1.69. The third-order valence-corrected chi connectivity index (χ3v) is 4.01. The van der Waals surface area contributed by atoms with Crippen LogP contribution in [-0.2, 0) is 0 Å². The maximum Gasteiger partial charge on any atom is 0.271 e. The molecule has 1 aromatic rings. The van der Waals surface area contributed by atoms with E-state index in [9.17, 15) is 9.59 Å². The van der Waals surface area contributed by atoms with Crippen LogP contribution < -0.4 is 5.73 Å². The van der Waals surface area contributed by atoms with E-state index in [0.717, 1.165) is 19.1 Å². The molecule has 5 nitrogen and oxygen atoms in total. The second-order valence-corrected chi connectivity index (χ2v) is 6.90. The Morgan fingerprint density at radius 3 is 2.35 bits per heavy atom. The number of aromatic nitrogens is 1. The molecule has 0 atom stereocenters. The molecule has 5 heteroatoms. The van der Waals surface area contributed by atoms with Gasteiger partial charge in [0.05, 0.1) is 0 Å². The van der Waals surface area contributed by atoms with Gasteiger partial charge in [-0.05, 0) is 46.6 Å². The molecule has 1 aliphatic rings. The van der Waals surface area contributed by atoms with Gasteiger partial charge < -0.3 is 15.6 Å². The fraction of sp³-hybridized carbons (Fsp3) is 0.600. The lowest BCUT2D eigenvalue weighted by Gasteiger charge is -2.54. The molecule has 0 aromatic carbocycles. The SMILES string of the molecule is CC1(C)CC(N)CC(C)(C)N1C(=O)c1cc(C=O)c[nH]1. The fourth-order valence-corrected chi connectivity index (χ4v) is 3.63. The van der Waals surface area contributed by atoms with Crippen molar-refractivity contribution in [1.82, 2.24) is 9.88 Å². The quantitative estimate of drug-likeness (QED) is 0.811. The number of rotatable bonds is 2. The van der Waals surface area contributed by atoms with Gasteiger partial charge in [-0.1, -0.05) is 0 Å². The zero-order valence-corrected chi connectivity index (χ0v) is 12.6. The van der Waals surface area contributed by atoms with E-state index in [-0.39, 0.29) is 23.0 Å². The normalized spacial score (nSPS) is 21.8. The molecule has 0 aliphatic carbocycles. The van der Waals surface area contributed by atoms with Crippen molar-refractivity contribution < 1.29 is 9.59 Å². The van der Waals surface area contributed by atoms with Crippen molar-refractivity contribution in [3.8, 4) is 0 Å². The third-order valence-electron chi connectivity index (χ3n) is 4.01. The minimum Gasteiger partial charge on any atom is -0.356 e. The van der Waals surface area contributed by atoms with Crippen LogP contribution in [0.1, 0.15) is 61.4 Å².